The summed E-state index contributed by atoms with van der Waals surface area (Å²) in [6, 6.07) is 4.59. The van der Waals surface area contributed by atoms with Crippen LogP contribution in [0.5, 0.6) is 5.75 Å². The molecule has 1 aromatic rings. The molecule has 3 nitrogen and oxygen atoms in total. The molecule has 0 aliphatic rings. The van der Waals surface area contributed by atoms with Gasteiger partial charge in [0, 0.05) is 0 Å². The molecule has 1 rings (SSSR count). The van der Waals surface area contributed by atoms with Crippen molar-refractivity contribution < 1.29 is 9.13 Å². The maximum absolute atomic E-state index is 13.1. The molecule has 0 saturated carbocycles. The standard InChI is InChI=1S/C13H21FN2O/c1-10(8-15)9-16-6-5-11-7-12(14)3-4-13(11)17-2/h3-4,7,10,16H,5-6,8-9,15H2,1-2H3. The van der Waals surface area contributed by atoms with Crippen molar-refractivity contribution in [1.82, 2.24) is 5.32 Å². The van der Waals surface area contributed by atoms with E-state index in [4.69, 9.17) is 10.5 Å². The molecule has 0 amide bonds. The van der Waals surface area contributed by atoms with E-state index in [2.05, 4.69) is 12.2 Å². The summed E-state index contributed by atoms with van der Waals surface area (Å²) >= 11 is 0. The summed E-state index contributed by atoms with van der Waals surface area (Å²) in [6.07, 6.45) is 0.748. The third-order valence-corrected chi connectivity index (χ3v) is 2.71. The van der Waals surface area contributed by atoms with Crippen LogP contribution in [0.2, 0.25) is 0 Å². The van der Waals surface area contributed by atoms with Gasteiger partial charge in [-0.1, -0.05) is 6.92 Å². The van der Waals surface area contributed by atoms with Gasteiger partial charge in [0.2, 0.25) is 0 Å². The Bertz CT molecular complexity index is 344. The maximum Gasteiger partial charge on any atom is 0.123 e. The number of rotatable bonds is 7. The monoisotopic (exact) mass is 240 g/mol. The average molecular weight is 240 g/mol. The zero-order valence-electron chi connectivity index (χ0n) is 10.5. The van der Waals surface area contributed by atoms with Gasteiger partial charge in [-0.25, -0.2) is 4.39 Å². The van der Waals surface area contributed by atoms with Gasteiger partial charge >= 0.3 is 0 Å². The van der Waals surface area contributed by atoms with E-state index in [1.807, 2.05) is 0 Å². The first kappa shape index (κ1) is 13.9. The molecule has 0 spiro atoms. The lowest BCUT2D eigenvalue weighted by atomic mass is 10.1. The molecule has 1 aromatic carbocycles. The Hall–Kier alpha value is -1.13. The van der Waals surface area contributed by atoms with Crippen molar-refractivity contribution in [3.8, 4) is 5.75 Å². The zero-order valence-corrected chi connectivity index (χ0v) is 10.5. The number of halogens is 1. The molecule has 0 bridgehead atoms. The van der Waals surface area contributed by atoms with Crippen LogP contribution in [0.1, 0.15) is 12.5 Å². The fraction of sp³-hybridized carbons (Fsp3) is 0.538. The summed E-state index contributed by atoms with van der Waals surface area (Å²) in [5.74, 6) is 0.973. The Morgan fingerprint density at radius 1 is 1.47 bits per heavy atom. The predicted molar refractivity (Wildman–Crippen MR) is 67.7 cm³/mol. The number of methoxy groups -OCH3 is 1. The van der Waals surface area contributed by atoms with E-state index in [1.54, 1.807) is 13.2 Å². The number of nitrogens with two attached hydrogens (primary N) is 1. The van der Waals surface area contributed by atoms with Crippen molar-refractivity contribution in [3.05, 3.63) is 29.6 Å². The lowest BCUT2D eigenvalue weighted by Crippen LogP contribution is -2.27. The molecule has 0 aliphatic heterocycles. The number of nitrogens with one attached hydrogen (secondary N) is 1. The SMILES string of the molecule is COc1ccc(F)cc1CCNCC(C)CN. The summed E-state index contributed by atoms with van der Waals surface area (Å²) in [7, 11) is 1.60. The molecule has 0 aromatic heterocycles. The fourth-order valence-corrected chi connectivity index (χ4v) is 1.60. The quantitative estimate of drug-likeness (QED) is 0.711. The van der Waals surface area contributed by atoms with Gasteiger partial charge in [-0.3, -0.25) is 0 Å². The topological polar surface area (TPSA) is 47.3 Å². The first-order valence-corrected chi connectivity index (χ1v) is 5.90. The molecule has 0 heterocycles. The van der Waals surface area contributed by atoms with Crippen LogP contribution in [0.3, 0.4) is 0 Å². The highest BCUT2D eigenvalue weighted by Crippen LogP contribution is 2.19. The summed E-state index contributed by atoms with van der Waals surface area (Å²) in [5, 5.41) is 3.30. The summed E-state index contributed by atoms with van der Waals surface area (Å²) in [5.41, 5.74) is 6.41. The fourth-order valence-electron chi connectivity index (χ4n) is 1.60. The largest absolute Gasteiger partial charge is 0.496 e. The van der Waals surface area contributed by atoms with Crippen molar-refractivity contribution in [2.45, 2.75) is 13.3 Å². The zero-order chi connectivity index (χ0) is 12.7. The van der Waals surface area contributed by atoms with Gasteiger partial charge < -0.3 is 15.8 Å². The Morgan fingerprint density at radius 3 is 2.88 bits per heavy atom. The van der Waals surface area contributed by atoms with Crippen molar-refractivity contribution >= 4 is 0 Å². The molecule has 0 aliphatic carbocycles. The van der Waals surface area contributed by atoms with Gasteiger partial charge in [0.1, 0.15) is 11.6 Å². The Labute approximate surface area is 102 Å². The number of benzene rings is 1. The van der Waals surface area contributed by atoms with Crippen molar-refractivity contribution in [3.63, 3.8) is 0 Å². The highest BCUT2D eigenvalue weighted by Gasteiger charge is 2.04. The third-order valence-electron chi connectivity index (χ3n) is 2.71. The van der Waals surface area contributed by atoms with Gasteiger partial charge in [0.05, 0.1) is 7.11 Å². The van der Waals surface area contributed by atoms with Gasteiger partial charge in [-0.15, -0.1) is 0 Å². The van der Waals surface area contributed by atoms with Crippen LogP contribution in [0.25, 0.3) is 0 Å². The number of hydrogen-bond acceptors (Lipinski definition) is 3. The van der Waals surface area contributed by atoms with E-state index in [1.165, 1.54) is 12.1 Å². The van der Waals surface area contributed by atoms with E-state index in [0.29, 0.717) is 12.5 Å². The molecule has 1 atom stereocenters. The van der Waals surface area contributed by atoms with E-state index in [0.717, 1.165) is 30.8 Å². The normalized spacial score (nSPS) is 12.5. The summed E-state index contributed by atoms with van der Waals surface area (Å²) in [4.78, 5) is 0. The van der Waals surface area contributed by atoms with Crippen molar-refractivity contribution in [2.24, 2.45) is 11.7 Å². The summed E-state index contributed by atoms with van der Waals surface area (Å²) < 4.78 is 18.3. The van der Waals surface area contributed by atoms with Crippen molar-refractivity contribution in [1.29, 1.82) is 0 Å². The molecule has 4 heteroatoms. The second-order valence-electron chi connectivity index (χ2n) is 4.25. The van der Waals surface area contributed by atoms with Crippen LogP contribution in [0.4, 0.5) is 4.39 Å². The van der Waals surface area contributed by atoms with Crippen LogP contribution in [-0.2, 0) is 6.42 Å². The van der Waals surface area contributed by atoms with E-state index >= 15 is 0 Å². The first-order chi connectivity index (χ1) is 8.17. The molecule has 0 fully saturated rings. The van der Waals surface area contributed by atoms with Crippen molar-refractivity contribution in [2.75, 3.05) is 26.7 Å². The highest BCUT2D eigenvalue weighted by molar-refractivity contribution is 5.34. The van der Waals surface area contributed by atoms with Crippen LogP contribution < -0.4 is 15.8 Å². The molecule has 1 unspecified atom stereocenters. The van der Waals surface area contributed by atoms with Gasteiger partial charge in [0.15, 0.2) is 0 Å². The molecule has 0 radical (unpaired) electrons. The lowest BCUT2D eigenvalue weighted by Gasteiger charge is -2.11. The van der Waals surface area contributed by atoms with E-state index < -0.39 is 0 Å². The number of hydrogen-bond donors (Lipinski definition) is 2. The van der Waals surface area contributed by atoms with Crippen LogP contribution >= 0.6 is 0 Å². The molecular formula is C13H21FN2O. The minimum Gasteiger partial charge on any atom is -0.496 e. The predicted octanol–water partition coefficient (Wildman–Crippen LogP) is 1.56. The van der Waals surface area contributed by atoms with Gasteiger partial charge in [-0.2, -0.15) is 0 Å². The van der Waals surface area contributed by atoms with Gasteiger partial charge in [0.25, 0.3) is 0 Å². The Balaban J connectivity index is 2.42. The van der Waals surface area contributed by atoms with Gasteiger partial charge in [-0.05, 0) is 55.7 Å². The molecule has 3 N–H and O–H groups in total. The summed E-state index contributed by atoms with van der Waals surface area (Å²) in [6.45, 7) is 4.45. The lowest BCUT2D eigenvalue weighted by molar-refractivity contribution is 0.407. The Kier molecular flexibility index (Phi) is 5.94. The molecule has 0 saturated heterocycles. The maximum atomic E-state index is 13.1. The smallest absolute Gasteiger partial charge is 0.123 e. The minimum atomic E-state index is -0.226. The van der Waals surface area contributed by atoms with E-state index in [-0.39, 0.29) is 5.82 Å². The first-order valence-electron chi connectivity index (χ1n) is 5.90. The molecule has 17 heavy (non-hydrogen) atoms. The van der Waals surface area contributed by atoms with E-state index in [9.17, 15) is 4.39 Å². The second kappa shape index (κ2) is 7.25. The molecule has 96 valence electrons. The number of ether oxygens (including phenoxy) is 1. The Morgan fingerprint density at radius 2 is 2.24 bits per heavy atom. The average Bonchev–Trinajstić information content (AvgIpc) is 2.34. The highest BCUT2D eigenvalue weighted by atomic mass is 19.1. The van der Waals surface area contributed by atoms with Crippen LogP contribution in [0.15, 0.2) is 18.2 Å². The third kappa shape index (κ3) is 4.71. The van der Waals surface area contributed by atoms with Crippen LogP contribution in [-0.4, -0.2) is 26.7 Å². The second-order valence-corrected chi connectivity index (χ2v) is 4.25. The minimum absolute atomic E-state index is 0.226. The molecular weight excluding hydrogens is 219 g/mol. The van der Waals surface area contributed by atoms with Crippen LogP contribution in [0, 0.1) is 11.7 Å².